The number of carbonyl (C=O) groups is 2. The van der Waals surface area contributed by atoms with Gasteiger partial charge in [0, 0.05) is 54.9 Å². The number of Topliss-reactive ketones (excluding diaryl/α,β-unsaturated/α-hetero) is 1. The Morgan fingerprint density at radius 2 is 1.85 bits per heavy atom. The molecule has 1 saturated heterocycles. The highest BCUT2D eigenvalue weighted by Gasteiger charge is 2.28. The van der Waals surface area contributed by atoms with E-state index in [9.17, 15) is 9.59 Å². The molecule has 1 aromatic carbocycles. The minimum absolute atomic E-state index is 0.0840. The number of hydrogen-bond acceptors (Lipinski definition) is 4. The fraction of sp³-hybridized carbons (Fsp3) is 0.524. The lowest BCUT2D eigenvalue weighted by Gasteiger charge is -2.37. The minimum atomic E-state index is -0.166. The molecular formula is C21H30N4O2. The molecule has 1 aliphatic heterocycles. The second-order valence-corrected chi connectivity index (χ2v) is 7.48. The van der Waals surface area contributed by atoms with Gasteiger partial charge in [-0.15, -0.1) is 0 Å². The van der Waals surface area contributed by atoms with Crippen LogP contribution in [0.1, 0.15) is 37.6 Å². The highest BCUT2D eigenvalue weighted by Crippen LogP contribution is 2.21. The molecule has 0 bridgehead atoms. The van der Waals surface area contributed by atoms with Gasteiger partial charge in [-0.05, 0) is 26.3 Å². The normalized spacial score (nSPS) is 18.3. The number of nitrogens with one attached hydrogen (secondary N) is 2. The summed E-state index contributed by atoms with van der Waals surface area (Å²) in [4.78, 5) is 32.6. The predicted molar refractivity (Wildman–Crippen MR) is 108 cm³/mol. The number of piperazine rings is 1. The first kappa shape index (κ1) is 19.6. The number of fused-ring (bicyclic) bond motifs is 1. The van der Waals surface area contributed by atoms with E-state index in [2.05, 4.69) is 27.0 Å². The van der Waals surface area contributed by atoms with Crippen molar-refractivity contribution < 1.29 is 9.59 Å². The van der Waals surface area contributed by atoms with Crippen molar-refractivity contribution in [3.8, 4) is 0 Å². The van der Waals surface area contributed by atoms with Crippen molar-refractivity contribution in [2.24, 2.45) is 0 Å². The molecule has 1 amide bonds. The number of ketones is 1. The third-order valence-corrected chi connectivity index (χ3v) is 5.58. The number of nitrogens with zero attached hydrogens (tertiary/aromatic N) is 2. The van der Waals surface area contributed by atoms with Crippen LogP contribution in [0.25, 0.3) is 10.9 Å². The Morgan fingerprint density at radius 3 is 2.56 bits per heavy atom. The van der Waals surface area contributed by atoms with Crippen molar-refractivity contribution in [2.45, 2.75) is 39.3 Å². The van der Waals surface area contributed by atoms with E-state index in [1.165, 1.54) is 0 Å². The van der Waals surface area contributed by atoms with E-state index in [4.69, 9.17) is 0 Å². The van der Waals surface area contributed by atoms with Crippen molar-refractivity contribution >= 4 is 22.6 Å². The van der Waals surface area contributed by atoms with E-state index in [0.717, 1.165) is 49.1 Å². The van der Waals surface area contributed by atoms with Gasteiger partial charge >= 0.3 is 0 Å². The maximum Gasteiger partial charge on any atom is 0.234 e. The molecule has 2 N–H and O–H groups in total. The first-order chi connectivity index (χ1) is 13.0. The molecular weight excluding hydrogens is 340 g/mol. The zero-order chi connectivity index (χ0) is 19.4. The van der Waals surface area contributed by atoms with Gasteiger partial charge in [0.2, 0.25) is 5.91 Å². The highest BCUT2D eigenvalue weighted by atomic mass is 16.2. The number of aromatic nitrogens is 1. The van der Waals surface area contributed by atoms with Gasteiger partial charge in [-0.2, -0.15) is 0 Å². The van der Waals surface area contributed by atoms with Gasteiger partial charge in [0.15, 0.2) is 5.78 Å². The van der Waals surface area contributed by atoms with Crippen molar-refractivity contribution in [2.75, 3.05) is 32.7 Å². The molecule has 6 heteroatoms. The average molecular weight is 370 g/mol. The summed E-state index contributed by atoms with van der Waals surface area (Å²) in [6.07, 6.45) is 2.76. The summed E-state index contributed by atoms with van der Waals surface area (Å²) < 4.78 is 0. The average Bonchev–Trinajstić information content (AvgIpc) is 3.11. The van der Waals surface area contributed by atoms with Gasteiger partial charge in [-0.1, -0.05) is 25.1 Å². The van der Waals surface area contributed by atoms with Crippen LogP contribution in [0.2, 0.25) is 0 Å². The van der Waals surface area contributed by atoms with E-state index >= 15 is 0 Å². The molecule has 2 atom stereocenters. The summed E-state index contributed by atoms with van der Waals surface area (Å²) in [6.45, 7) is 9.71. The van der Waals surface area contributed by atoms with Crippen LogP contribution < -0.4 is 5.32 Å². The molecule has 0 saturated carbocycles. The van der Waals surface area contributed by atoms with Gasteiger partial charge in [-0.25, -0.2) is 0 Å². The van der Waals surface area contributed by atoms with Crippen LogP contribution in [0.5, 0.6) is 0 Å². The Morgan fingerprint density at radius 1 is 1.15 bits per heavy atom. The van der Waals surface area contributed by atoms with Gasteiger partial charge in [0.25, 0.3) is 0 Å². The van der Waals surface area contributed by atoms with E-state index < -0.39 is 0 Å². The number of H-pyrrole nitrogens is 1. The van der Waals surface area contributed by atoms with Gasteiger partial charge in [0.1, 0.15) is 0 Å². The summed E-state index contributed by atoms with van der Waals surface area (Å²) in [7, 11) is 0. The predicted octanol–water partition coefficient (Wildman–Crippen LogP) is 2.27. The van der Waals surface area contributed by atoms with Crippen LogP contribution in [-0.4, -0.2) is 71.3 Å². The summed E-state index contributed by atoms with van der Waals surface area (Å²) in [5.41, 5.74) is 1.75. The van der Waals surface area contributed by atoms with Crippen LogP contribution in [0.3, 0.4) is 0 Å². The Bertz CT molecular complexity index is 792. The molecule has 146 valence electrons. The lowest BCUT2D eigenvalue weighted by atomic mass is 10.0. The summed E-state index contributed by atoms with van der Waals surface area (Å²) >= 11 is 0. The first-order valence-electron chi connectivity index (χ1n) is 9.85. The third-order valence-electron chi connectivity index (χ3n) is 5.58. The number of hydrogen-bond donors (Lipinski definition) is 2. The van der Waals surface area contributed by atoms with Crippen LogP contribution >= 0.6 is 0 Å². The first-order valence-corrected chi connectivity index (χ1v) is 9.85. The molecule has 1 aromatic heterocycles. The van der Waals surface area contributed by atoms with Crippen molar-refractivity contribution in [3.63, 3.8) is 0 Å². The van der Waals surface area contributed by atoms with E-state index in [1.54, 1.807) is 0 Å². The molecule has 6 nitrogen and oxygen atoms in total. The number of carbonyl (C=O) groups excluding carboxylic acids is 2. The lowest BCUT2D eigenvalue weighted by Crippen LogP contribution is -2.53. The summed E-state index contributed by atoms with van der Waals surface area (Å²) in [6, 6.07) is 7.95. The molecule has 1 fully saturated rings. The molecule has 0 radical (unpaired) electrons. The smallest absolute Gasteiger partial charge is 0.234 e. The molecule has 1 aliphatic rings. The van der Waals surface area contributed by atoms with Gasteiger partial charge in [0.05, 0.1) is 12.6 Å². The maximum atomic E-state index is 13.0. The van der Waals surface area contributed by atoms with Gasteiger partial charge in [-0.3, -0.25) is 19.4 Å². The molecule has 0 aliphatic carbocycles. The lowest BCUT2D eigenvalue weighted by molar-refractivity contribution is -0.123. The maximum absolute atomic E-state index is 13.0. The SMILES string of the molecule is CCC(C)NC(=O)CN1CCN(C(C)C(=O)c2c[nH]c3ccccc23)CC1. The van der Waals surface area contributed by atoms with Crippen molar-refractivity contribution in [1.29, 1.82) is 0 Å². The fourth-order valence-electron chi connectivity index (χ4n) is 3.60. The Balaban J connectivity index is 1.54. The zero-order valence-corrected chi connectivity index (χ0v) is 16.5. The number of para-hydroxylation sites is 1. The van der Waals surface area contributed by atoms with Crippen LogP contribution in [0, 0.1) is 0 Å². The van der Waals surface area contributed by atoms with Crippen LogP contribution in [-0.2, 0) is 4.79 Å². The second-order valence-electron chi connectivity index (χ2n) is 7.48. The molecule has 3 rings (SSSR count). The van der Waals surface area contributed by atoms with E-state index in [-0.39, 0.29) is 23.8 Å². The highest BCUT2D eigenvalue weighted by molar-refractivity contribution is 6.10. The topological polar surface area (TPSA) is 68.4 Å². The monoisotopic (exact) mass is 370 g/mol. The van der Waals surface area contributed by atoms with Gasteiger partial charge < -0.3 is 10.3 Å². The Kier molecular flexibility index (Phi) is 6.29. The molecule has 2 heterocycles. The van der Waals surface area contributed by atoms with Crippen molar-refractivity contribution in [1.82, 2.24) is 20.1 Å². The quantitative estimate of drug-likeness (QED) is 0.734. The minimum Gasteiger partial charge on any atom is -0.360 e. The largest absolute Gasteiger partial charge is 0.360 e. The second kappa shape index (κ2) is 8.67. The number of rotatable bonds is 7. The molecule has 2 aromatic rings. The number of benzene rings is 1. The standard InChI is InChI=1S/C21H30N4O2/c1-4-15(2)23-20(26)14-24-9-11-25(12-10-24)16(3)21(27)18-13-22-19-8-6-5-7-17(18)19/h5-8,13,15-16,22H,4,9-12,14H2,1-3H3,(H,23,26). The molecule has 27 heavy (non-hydrogen) atoms. The zero-order valence-electron chi connectivity index (χ0n) is 16.5. The molecule has 2 unspecified atom stereocenters. The van der Waals surface area contributed by atoms with Crippen molar-refractivity contribution in [3.05, 3.63) is 36.0 Å². The van der Waals surface area contributed by atoms with Crippen LogP contribution in [0.15, 0.2) is 30.5 Å². The molecule has 0 spiro atoms. The Labute approximate surface area is 160 Å². The summed E-state index contributed by atoms with van der Waals surface area (Å²) in [5, 5.41) is 3.99. The Hall–Kier alpha value is -2.18. The fourth-order valence-corrected chi connectivity index (χ4v) is 3.60. The number of aromatic amines is 1. The number of amides is 1. The van der Waals surface area contributed by atoms with E-state index in [0.29, 0.717) is 6.54 Å². The van der Waals surface area contributed by atoms with E-state index in [1.807, 2.05) is 44.3 Å². The van der Waals surface area contributed by atoms with Crippen LogP contribution in [0.4, 0.5) is 0 Å². The summed E-state index contributed by atoms with van der Waals surface area (Å²) in [5.74, 6) is 0.233. The third kappa shape index (κ3) is 4.57.